The fourth-order valence-corrected chi connectivity index (χ4v) is 4.06. The molecule has 168 valence electrons. The zero-order chi connectivity index (χ0) is 22.5. The van der Waals surface area contributed by atoms with Crippen LogP contribution in [0, 0.1) is 0 Å². The molecule has 16 heteroatoms. The molecule has 0 aliphatic carbocycles. The zero-order valence-electron chi connectivity index (χ0n) is 16.3. The molecule has 0 saturated carbocycles. The molecule has 4 heterocycles. The average molecular weight is 456 g/mol. The Morgan fingerprint density at radius 2 is 2.16 bits per heavy atom. The minimum Gasteiger partial charge on any atom is -0.779 e. The lowest BCUT2D eigenvalue weighted by Gasteiger charge is -2.14. The van der Waals surface area contributed by atoms with E-state index in [2.05, 4.69) is 20.3 Å². The van der Waals surface area contributed by atoms with Gasteiger partial charge >= 0.3 is 5.65 Å². The van der Waals surface area contributed by atoms with E-state index in [-0.39, 0.29) is 30.1 Å². The van der Waals surface area contributed by atoms with Crippen molar-refractivity contribution >= 4 is 24.7 Å². The molecule has 0 radical (unpaired) electrons. The van der Waals surface area contributed by atoms with E-state index >= 15 is 0 Å². The number of ether oxygens (including phenoxy) is 1. The molecule has 3 aromatic heterocycles. The summed E-state index contributed by atoms with van der Waals surface area (Å²) in [6, 6.07) is 0. The number of nitrogens with one attached hydrogen (secondary N) is 1. The second-order valence-corrected chi connectivity index (χ2v) is 9.07. The molecule has 0 bridgehead atoms. The molecular formula is C15H21N8O7P. The monoisotopic (exact) mass is 456 g/mol. The number of hydrogen-bond donors (Lipinski definition) is 5. The summed E-state index contributed by atoms with van der Waals surface area (Å²) in [6.45, 7) is 0.0113. The van der Waals surface area contributed by atoms with Gasteiger partial charge in [-0.25, -0.2) is 9.25 Å². The molecule has 1 saturated heterocycles. The topological polar surface area (TPSA) is 221 Å². The molecule has 3 aromatic rings. The molecule has 0 amide bonds. The van der Waals surface area contributed by atoms with Crippen molar-refractivity contribution in [2.45, 2.75) is 37.5 Å². The number of hydrogen-bond acceptors (Lipinski definition) is 10. The van der Waals surface area contributed by atoms with Crippen LogP contribution in [-0.4, -0.2) is 69.1 Å². The number of nitrogens with two attached hydrogens (primary N) is 1. The van der Waals surface area contributed by atoms with Crippen LogP contribution in [0.5, 0.6) is 0 Å². The first-order valence-corrected chi connectivity index (χ1v) is 11.0. The van der Waals surface area contributed by atoms with E-state index in [4.69, 9.17) is 15.4 Å². The summed E-state index contributed by atoms with van der Waals surface area (Å²) in [4.78, 5) is 38.4. The van der Waals surface area contributed by atoms with Crippen LogP contribution >= 0.6 is 7.60 Å². The van der Waals surface area contributed by atoms with Crippen LogP contribution in [0.15, 0.2) is 17.3 Å². The van der Waals surface area contributed by atoms with Gasteiger partial charge in [-0.2, -0.15) is 0 Å². The smallest absolute Gasteiger partial charge is 0.313 e. The van der Waals surface area contributed by atoms with E-state index in [1.807, 2.05) is 0 Å². The van der Waals surface area contributed by atoms with E-state index < -0.39 is 43.9 Å². The predicted molar refractivity (Wildman–Crippen MR) is 100 cm³/mol. The molecule has 0 aromatic carbocycles. The minimum absolute atomic E-state index is 0.0113. The first-order chi connectivity index (χ1) is 14.5. The van der Waals surface area contributed by atoms with Crippen molar-refractivity contribution in [2.75, 3.05) is 11.9 Å². The quantitative estimate of drug-likeness (QED) is 0.178. The lowest BCUT2D eigenvalue weighted by atomic mass is 10.1. The van der Waals surface area contributed by atoms with Gasteiger partial charge in [0.15, 0.2) is 6.33 Å². The first kappa shape index (κ1) is 21.5. The lowest BCUT2D eigenvalue weighted by Crippen LogP contribution is -2.46. The summed E-state index contributed by atoms with van der Waals surface area (Å²) in [7, 11) is -2.79. The summed E-state index contributed by atoms with van der Waals surface area (Å²) in [6.07, 6.45) is -2.12. The van der Waals surface area contributed by atoms with Crippen LogP contribution in [-0.2, 0) is 29.3 Å². The highest BCUT2D eigenvalue weighted by Gasteiger charge is 2.47. The third-order valence-electron chi connectivity index (χ3n) is 5.00. The van der Waals surface area contributed by atoms with Crippen molar-refractivity contribution in [2.24, 2.45) is 7.05 Å². The average Bonchev–Trinajstić information content (AvgIpc) is 3.32. The number of aromatic amines is 1. The maximum atomic E-state index is 12.2. The highest BCUT2D eigenvalue weighted by atomic mass is 31.2. The maximum Gasteiger partial charge on any atom is 0.313 e. The van der Waals surface area contributed by atoms with Gasteiger partial charge in [-0.3, -0.25) is 14.3 Å². The van der Waals surface area contributed by atoms with Crippen molar-refractivity contribution in [1.29, 1.82) is 0 Å². The SMILES string of the molecule is Cn1c[n+]([C@@H]2O[C@H](Cn3cc(CCP(=O)([O-])O)nn3)[C@@H](O)[C@H]2O)c2nc(N)[nH]c(=O)c21. The molecule has 15 nitrogen and oxygen atoms in total. The van der Waals surface area contributed by atoms with Crippen molar-refractivity contribution in [1.82, 2.24) is 29.5 Å². The second-order valence-electron chi connectivity index (χ2n) is 7.35. The third-order valence-corrected chi connectivity index (χ3v) is 5.79. The second kappa shape index (κ2) is 7.78. The Kier molecular flexibility index (Phi) is 5.41. The van der Waals surface area contributed by atoms with Crippen molar-refractivity contribution in [3.8, 4) is 0 Å². The molecular weight excluding hydrogens is 435 g/mol. The van der Waals surface area contributed by atoms with Crippen molar-refractivity contribution in [3.05, 3.63) is 28.6 Å². The number of rotatable bonds is 6. The Bertz CT molecular complexity index is 1220. The molecule has 1 fully saturated rings. The van der Waals surface area contributed by atoms with Crippen LogP contribution in [0.25, 0.3) is 11.2 Å². The summed E-state index contributed by atoms with van der Waals surface area (Å²) >= 11 is 0. The molecule has 4 rings (SSSR count). The van der Waals surface area contributed by atoms with Gasteiger partial charge < -0.3 is 35.0 Å². The van der Waals surface area contributed by atoms with Gasteiger partial charge in [-0.05, 0) is 0 Å². The highest BCUT2D eigenvalue weighted by Crippen LogP contribution is 2.29. The Morgan fingerprint density at radius 3 is 2.87 bits per heavy atom. The predicted octanol–water partition coefficient (Wildman–Crippen LogP) is -3.87. The Labute approximate surface area is 173 Å². The van der Waals surface area contributed by atoms with E-state index in [0.717, 1.165) is 0 Å². The number of nitrogens with zero attached hydrogens (tertiary/aromatic N) is 6. The van der Waals surface area contributed by atoms with Crippen LogP contribution < -0.4 is 20.8 Å². The normalized spacial score (nSPS) is 25.8. The standard InChI is InChI=1S/C15H21N8O7P/c1-21-6-23(12-9(21)13(26)18-15(16)17-12)14-11(25)10(24)8(30-14)5-22-4-7(19-20-22)2-3-31(27,28)29/h4,6,8,10-11,14,24-25H,2-3,5H2,1H3,(H4-,16,17,18,26,27,28,29)/t8-,10-,11-,14-/m1/s1. The van der Waals surface area contributed by atoms with Gasteiger partial charge in [0.1, 0.15) is 25.9 Å². The van der Waals surface area contributed by atoms with Crippen molar-refractivity contribution < 1.29 is 33.9 Å². The van der Waals surface area contributed by atoms with Gasteiger partial charge in [0, 0.05) is 18.8 Å². The molecule has 5 atom stereocenters. The van der Waals surface area contributed by atoms with E-state index in [1.54, 1.807) is 7.05 Å². The zero-order valence-corrected chi connectivity index (χ0v) is 17.2. The van der Waals surface area contributed by atoms with Gasteiger partial charge in [-0.1, -0.05) is 10.2 Å². The van der Waals surface area contributed by atoms with E-state index in [9.17, 15) is 24.5 Å². The number of nitrogen functional groups attached to an aromatic ring is 1. The molecule has 6 N–H and O–H groups in total. The lowest BCUT2D eigenvalue weighted by molar-refractivity contribution is -0.745. The number of aliphatic hydroxyl groups excluding tert-OH is 2. The first-order valence-electron chi connectivity index (χ1n) is 9.23. The number of aryl methyl sites for hydroxylation is 2. The van der Waals surface area contributed by atoms with Gasteiger partial charge in [0.25, 0.3) is 11.5 Å². The minimum atomic E-state index is -4.41. The number of aromatic nitrogens is 7. The Balaban J connectivity index is 1.54. The van der Waals surface area contributed by atoms with Crippen LogP contribution in [0.1, 0.15) is 11.9 Å². The highest BCUT2D eigenvalue weighted by molar-refractivity contribution is 7.50. The fourth-order valence-electron chi connectivity index (χ4n) is 3.55. The fraction of sp³-hybridized carbons (Fsp3) is 0.533. The van der Waals surface area contributed by atoms with Crippen LogP contribution in [0.4, 0.5) is 5.95 Å². The summed E-state index contributed by atoms with van der Waals surface area (Å²) in [5.74, 6) is -0.109. The van der Waals surface area contributed by atoms with Gasteiger partial charge in [-0.15, -0.1) is 5.10 Å². The van der Waals surface area contributed by atoms with Gasteiger partial charge in [0.05, 0.1) is 19.3 Å². The summed E-state index contributed by atoms with van der Waals surface area (Å²) in [5.41, 5.74) is 5.89. The van der Waals surface area contributed by atoms with E-state index in [0.29, 0.717) is 5.69 Å². The van der Waals surface area contributed by atoms with Crippen LogP contribution in [0.2, 0.25) is 0 Å². The Hall–Kier alpha value is -2.68. The molecule has 0 spiro atoms. The molecule has 1 aliphatic heterocycles. The Morgan fingerprint density at radius 1 is 1.42 bits per heavy atom. The number of anilines is 1. The summed E-state index contributed by atoms with van der Waals surface area (Å²) in [5, 5.41) is 28.7. The molecule has 1 aliphatic rings. The van der Waals surface area contributed by atoms with Gasteiger partial charge in [0.2, 0.25) is 11.7 Å². The number of fused-ring (bicyclic) bond motifs is 1. The largest absolute Gasteiger partial charge is 0.779 e. The van der Waals surface area contributed by atoms with Crippen molar-refractivity contribution in [3.63, 3.8) is 0 Å². The van der Waals surface area contributed by atoms with Crippen LogP contribution in [0.3, 0.4) is 0 Å². The van der Waals surface area contributed by atoms with E-state index in [1.165, 1.54) is 26.3 Å². The number of H-pyrrole nitrogens is 1. The number of imidazole rings is 1. The summed E-state index contributed by atoms with van der Waals surface area (Å²) < 4.78 is 21.0. The maximum absolute atomic E-state index is 12.2. The molecule has 1 unspecified atom stereocenters. The third kappa shape index (κ3) is 4.23. The molecule has 31 heavy (non-hydrogen) atoms. The number of aliphatic hydroxyl groups is 2.